The maximum atomic E-state index is 9.10. The van der Waals surface area contributed by atoms with E-state index >= 15 is 0 Å². The maximum Gasteiger partial charge on any atom is 0.101 e. The van der Waals surface area contributed by atoms with Crippen molar-refractivity contribution in [2.24, 2.45) is 11.3 Å². The fourth-order valence-electron chi connectivity index (χ4n) is 3.06. The Labute approximate surface area is 122 Å². The Kier molecular flexibility index (Phi) is 4.23. The summed E-state index contributed by atoms with van der Waals surface area (Å²) in [5, 5.41) is 9.10. The number of nitrogen functional groups attached to an aromatic ring is 1. The van der Waals surface area contributed by atoms with E-state index < -0.39 is 0 Å². The van der Waals surface area contributed by atoms with Crippen LogP contribution in [-0.2, 0) is 0 Å². The van der Waals surface area contributed by atoms with Crippen molar-refractivity contribution in [2.45, 2.75) is 40.0 Å². The zero-order chi connectivity index (χ0) is 14.8. The van der Waals surface area contributed by atoms with Crippen molar-refractivity contribution < 1.29 is 0 Å². The van der Waals surface area contributed by atoms with E-state index in [1.807, 2.05) is 18.2 Å². The number of anilines is 2. The Morgan fingerprint density at radius 1 is 1.25 bits per heavy atom. The van der Waals surface area contributed by atoms with Crippen LogP contribution in [0.4, 0.5) is 11.4 Å². The van der Waals surface area contributed by atoms with E-state index in [2.05, 4.69) is 31.7 Å². The summed E-state index contributed by atoms with van der Waals surface area (Å²) in [7, 11) is 0. The van der Waals surface area contributed by atoms with Crippen LogP contribution in [0, 0.1) is 22.7 Å². The molecular formula is C17H25N3. The van der Waals surface area contributed by atoms with E-state index in [9.17, 15) is 0 Å². The smallest absolute Gasteiger partial charge is 0.101 e. The Balaban J connectivity index is 2.13. The predicted molar refractivity (Wildman–Crippen MR) is 84.6 cm³/mol. The first-order valence-corrected chi connectivity index (χ1v) is 7.46. The van der Waals surface area contributed by atoms with Crippen LogP contribution in [0.25, 0.3) is 0 Å². The van der Waals surface area contributed by atoms with Crippen molar-refractivity contribution in [3.63, 3.8) is 0 Å². The molecule has 0 spiro atoms. The molecule has 1 fully saturated rings. The largest absolute Gasteiger partial charge is 0.398 e. The van der Waals surface area contributed by atoms with E-state index in [0.717, 1.165) is 24.7 Å². The van der Waals surface area contributed by atoms with E-state index in [1.54, 1.807) is 0 Å². The molecule has 2 N–H and O–H groups in total. The summed E-state index contributed by atoms with van der Waals surface area (Å²) in [6.07, 6.45) is 3.73. The standard InChI is InChI=1S/C17H25N3/c1-17(2,3)14-5-4-9-20(10-8-14)15-6-7-16(19)13(11-15)12-18/h6-7,11,14H,4-5,8-10,19H2,1-3H3. The third kappa shape index (κ3) is 3.25. The Morgan fingerprint density at radius 3 is 2.65 bits per heavy atom. The molecule has 1 aliphatic rings. The molecule has 20 heavy (non-hydrogen) atoms. The van der Waals surface area contributed by atoms with Crippen molar-refractivity contribution in [1.29, 1.82) is 5.26 Å². The molecular weight excluding hydrogens is 246 g/mol. The quantitative estimate of drug-likeness (QED) is 0.791. The third-order valence-electron chi connectivity index (χ3n) is 4.48. The molecule has 1 atom stereocenters. The van der Waals surface area contributed by atoms with Gasteiger partial charge >= 0.3 is 0 Å². The van der Waals surface area contributed by atoms with Gasteiger partial charge in [-0.2, -0.15) is 5.26 Å². The SMILES string of the molecule is CC(C)(C)C1CCCN(c2ccc(N)c(C#N)c2)CC1. The number of nitrogens with two attached hydrogens (primary N) is 1. The topological polar surface area (TPSA) is 53.0 Å². The molecule has 0 aliphatic carbocycles. The van der Waals surface area contributed by atoms with Crippen LogP contribution in [0.15, 0.2) is 18.2 Å². The van der Waals surface area contributed by atoms with Gasteiger partial charge in [-0.25, -0.2) is 0 Å². The lowest BCUT2D eigenvalue weighted by atomic mass is 9.77. The molecule has 1 saturated heterocycles. The minimum atomic E-state index is 0.384. The fraction of sp³-hybridized carbons (Fsp3) is 0.588. The normalized spacial score (nSPS) is 20.3. The maximum absolute atomic E-state index is 9.10. The van der Waals surface area contributed by atoms with Crippen LogP contribution in [0.2, 0.25) is 0 Å². The molecule has 0 aromatic heterocycles. The molecule has 1 heterocycles. The lowest BCUT2D eigenvalue weighted by molar-refractivity contribution is 0.220. The number of hydrogen-bond acceptors (Lipinski definition) is 3. The molecule has 108 valence electrons. The monoisotopic (exact) mass is 271 g/mol. The summed E-state index contributed by atoms with van der Waals surface area (Å²) >= 11 is 0. The van der Waals surface area contributed by atoms with E-state index in [4.69, 9.17) is 11.0 Å². The molecule has 3 nitrogen and oxygen atoms in total. The van der Waals surface area contributed by atoms with Gasteiger partial charge in [0.05, 0.1) is 5.56 Å². The second-order valence-electron chi connectivity index (χ2n) is 6.86. The average molecular weight is 271 g/mol. The van der Waals surface area contributed by atoms with Gasteiger partial charge in [0, 0.05) is 24.5 Å². The first kappa shape index (κ1) is 14.7. The molecule has 0 bridgehead atoms. The zero-order valence-electron chi connectivity index (χ0n) is 12.8. The van der Waals surface area contributed by atoms with Crippen molar-refractivity contribution in [3.05, 3.63) is 23.8 Å². The van der Waals surface area contributed by atoms with Crippen LogP contribution in [0.5, 0.6) is 0 Å². The van der Waals surface area contributed by atoms with E-state index in [1.165, 1.54) is 19.3 Å². The Morgan fingerprint density at radius 2 is 2.00 bits per heavy atom. The number of benzene rings is 1. The highest BCUT2D eigenvalue weighted by atomic mass is 15.1. The first-order valence-electron chi connectivity index (χ1n) is 7.46. The van der Waals surface area contributed by atoms with Crippen molar-refractivity contribution >= 4 is 11.4 Å². The van der Waals surface area contributed by atoms with Crippen LogP contribution in [-0.4, -0.2) is 13.1 Å². The zero-order valence-corrected chi connectivity index (χ0v) is 12.8. The first-order chi connectivity index (χ1) is 9.41. The van der Waals surface area contributed by atoms with E-state index in [0.29, 0.717) is 16.7 Å². The number of nitriles is 1. The van der Waals surface area contributed by atoms with Gasteiger partial charge in [0.1, 0.15) is 6.07 Å². The van der Waals surface area contributed by atoms with Gasteiger partial charge in [0.15, 0.2) is 0 Å². The molecule has 1 aromatic carbocycles. The molecule has 1 unspecified atom stereocenters. The summed E-state index contributed by atoms with van der Waals surface area (Å²) in [5.41, 5.74) is 8.46. The molecule has 0 saturated carbocycles. The van der Waals surface area contributed by atoms with Gasteiger partial charge in [-0.05, 0) is 48.8 Å². The van der Waals surface area contributed by atoms with Crippen LogP contribution < -0.4 is 10.6 Å². The molecule has 3 heteroatoms. The molecule has 1 aliphatic heterocycles. The third-order valence-corrected chi connectivity index (χ3v) is 4.48. The lowest BCUT2D eigenvalue weighted by Crippen LogP contribution is -2.26. The van der Waals surface area contributed by atoms with Gasteiger partial charge in [-0.3, -0.25) is 0 Å². The highest BCUT2D eigenvalue weighted by molar-refractivity contribution is 5.62. The second kappa shape index (κ2) is 5.75. The Hall–Kier alpha value is -1.69. The molecule has 2 rings (SSSR count). The molecule has 0 radical (unpaired) electrons. The molecule has 0 amide bonds. The fourth-order valence-corrected chi connectivity index (χ4v) is 3.06. The van der Waals surface area contributed by atoms with Gasteiger partial charge in [-0.15, -0.1) is 0 Å². The Bertz CT molecular complexity index is 508. The predicted octanol–water partition coefficient (Wildman–Crippen LogP) is 3.79. The second-order valence-corrected chi connectivity index (χ2v) is 6.86. The van der Waals surface area contributed by atoms with Gasteiger partial charge < -0.3 is 10.6 Å². The van der Waals surface area contributed by atoms with Crippen LogP contribution in [0.1, 0.15) is 45.6 Å². The number of rotatable bonds is 1. The minimum Gasteiger partial charge on any atom is -0.398 e. The summed E-state index contributed by atoms with van der Waals surface area (Å²) in [6.45, 7) is 9.15. The minimum absolute atomic E-state index is 0.384. The van der Waals surface area contributed by atoms with Gasteiger partial charge in [-0.1, -0.05) is 20.8 Å². The summed E-state index contributed by atoms with van der Waals surface area (Å²) < 4.78 is 0. The van der Waals surface area contributed by atoms with Crippen molar-refractivity contribution in [2.75, 3.05) is 23.7 Å². The summed E-state index contributed by atoms with van der Waals surface area (Å²) in [6, 6.07) is 7.98. The summed E-state index contributed by atoms with van der Waals surface area (Å²) in [4.78, 5) is 2.39. The lowest BCUT2D eigenvalue weighted by Gasteiger charge is -2.30. The van der Waals surface area contributed by atoms with Gasteiger partial charge in [0.2, 0.25) is 0 Å². The van der Waals surface area contributed by atoms with Crippen molar-refractivity contribution in [1.82, 2.24) is 0 Å². The summed E-state index contributed by atoms with van der Waals surface area (Å²) in [5.74, 6) is 0.775. The number of hydrogen-bond donors (Lipinski definition) is 1. The highest BCUT2D eigenvalue weighted by Crippen LogP contribution is 2.35. The average Bonchev–Trinajstić information content (AvgIpc) is 2.64. The highest BCUT2D eigenvalue weighted by Gasteiger charge is 2.27. The van der Waals surface area contributed by atoms with Crippen LogP contribution in [0.3, 0.4) is 0 Å². The van der Waals surface area contributed by atoms with Crippen LogP contribution >= 0.6 is 0 Å². The van der Waals surface area contributed by atoms with Gasteiger partial charge in [0.25, 0.3) is 0 Å². The van der Waals surface area contributed by atoms with E-state index in [-0.39, 0.29) is 0 Å². The molecule has 1 aromatic rings. The van der Waals surface area contributed by atoms with Crippen molar-refractivity contribution in [3.8, 4) is 6.07 Å². The number of nitrogens with zero attached hydrogens (tertiary/aromatic N) is 2.